The SMILES string of the molecule is COc1ccc(N2C(=O)CCC2=O)cc1S(=O)(=O)Nc1ccc2c(c1)OCCO2. The molecule has 29 heavy (non-hydrogen) atoms. The Hall–Kier alpha value is -3.27. The Morgan fingerprint density at radius 3 is 2.34 bits per heavy atom. The second-order valence-electron chi connectivity index (χ2n) is 6.42. The number of imide groups is 1. The van der Waals surface area contributed by atoms with E-state index in [2.05, 4.69) is 4.72 Å². The Labute approximate surface area is 167 Å². The Bertz CT molecular complexity index is 1080. The summed E-state index contributed by atoms with van der Waals surface area (Å²) in [5.74, 6) is 0.305. The predicted molar refractivity (Wildman–Crippen MR) is 103 cm³/mol. The smallest absolute Gasteiger partial charge is 0.265 e. The van der Waals surface area contributed by atoms with Crippen LogP contribution >= 0.6 is 0 Å². The summed E-state index contributed by atoms with van der Waals surface area (Å²) in [4.78, 5) is 24.8. The van der Waals surface area contributed by atoms with E-state index in [-0.39, 0.29) is 46.7 Å². The molecule has 0 aromatic heterocycles. The first kappa shape index (κ1) is 19.1. The lowest BCUT2D eigenvalue weighted by Crippen LogP contribution is -2.28. The van der Waals surface area contributed by atoms with Crippen LogP contribution in [0.4, 0.5) is 11.4 Å². The molecule has 9 nitrogen and oxygen atoms in total. The molecule has 0 unspecified atom stereocenters. The van der Waals surface area contributed by atoms with Gasteiger partial charge < -0.3 is 14.2 Å². The first-order valence-electron chi connectivity index (χ1n) is 8.85. The van der Waals surface area contributed by atoms with Gasteiger partial charge >= 0.3 is 0 Å². The van der Waals surface area contributed by atoms with Crippen LogP contribution < -0.4 is 23.8 Å². The fraction of sp³-hybridized carbons (Fsp3) is 0.263. The van der Waals surface area contributed by atoms with Gasteiger partial charge in [-0.15, -0.1) is 0 Å². The highest BCUT2D eigenvalue weighted by molar-refractivity contribution is 7.92. The van der Waals surface area contributed by atoms with Crippen molar-refractivity contribution in [3.05, 3.63) is 36.4 Å². The first-order valence-corrected chi connectivity index (χ1v) is 10.3. The Morgan fingerprint density at radius 2 is 1.66 bits per heavy atom. The summed E-state index contributed by atoms with van der Waals surface area (Å²) in [6, 6.07) is 8.82. The quantitative estimate of drug-likeness (QED) is 0.739. The molecule has 2 aromatic rings. The van der Waals surface area contributed by atoms with Gasteiger partial charge in [-0.3, -0.25) is 19.2 Å². The summed E-state index contributed by atoms with van der Waals surface area (Å²) >= 11 is 0. The number of fused-ring (bicyclic) bond motifs is 1. The van der Waals surface area contributed by atoms with Gasteiger partial charge in [0, 0.05) is 18.9 Å². The molecule has 0 atom stereocenters. The van der Waals surface area contributed by atoms with E-state index >= 15 is 0 Å². The zero-order valence-electron chi connectivity index (χ0n) is 15.5. The van der Waals surface area contributed by atoms with E-state index in [0.717, 1.165) is 4.90 Å². The maximum absolute atomic E-state index is 13.0. The summed E-state index contributed by atoms with van der Waals surface area (Å²) in [6.45, 7) is 0.799. The minimum absolute atomic E-state index is 0.0814. The summed E-state index contributed by atoms with van der Waals surface area (Å²) in [5, 5.41) is 0. The van der Waals surface area contributed by atoms with E-state index in [4.69, 9.17) is 14.2 Å². The standard InChI is InChI=1S/C19H18N2O7S/c1-26-15-5-3-13(21-18(22)6-7-19(21)23)11-17(15)29(24,25)20-12-2-4-14-16(10-12)28-9-8-27-14/h2-5,10-11,20H,6-9H2,1H3. The van der Waals surface area contributed by atoms with E-state index in [1.807, 2.05) is 0 Å². The van der Waals surface area contributed by atoms with Crippen molar-refractivity contribution >= 4 is 33.2 Å². The summed E-state index contributed by atoms with van der Waals surface area (Å²) in [6.07, 6.45) is 0.199. The van der Waals surface area contributed by atoms with Crippen LogP contribution in [-0.2, 0) is 19.6 Å². The molecule has 0 aliphatic carbocycles. The van der Waals surface area contributed by atoms with Crippen LogP contribution in [-0.4, -0.2) is 40.6 Å². The highest BCUT2D eigenvalue weighted by Gasteiger charge is 2.32. The van der Waals surface area contributed by atoms with Crippen molar-refractivity contribution in [2.45, 2.75) is 17.7 Å². The number of rotatable bonds is 5. The normalized spacial score (nSPS) is 16.1. The maximum Gasteiger partial charge on any atom is 0.265 e. The van der Waals surface area contributed by atoms with Gasteiger partial charge in [-0.2, -0.15) is 0 Å². The summed E-state index contributed by atoms with van der Waals surface area (Å²) in [5.41, 5.74) is 0.455. The van der Waals surface area contributed by atoms with Gasteiger partial charge in [0.1, 0.15) is 23.9 Å². The van der Waals surface area contributed by atoms with Gasteiger partial charge in [-0.25, -0.2) is 8.42 Å². The second-order valence-corrected chi connectivity index (χ2v) is 8.07. The zero-order valence-corrected chi connectivity index (χ0v) is 16.3. The highest BCUT2D eigenvalue weighted by Crippen LogP contribution is 2.35. The molecular formula is C19H18N2O7S. The number of nitrogens with one attached hydrogen (secondary N) is 1. The maximum atomic E-state index is 13.0. The molecule has 0 bridgehead atoms. The number of anilines is 2. The van der Waals surface area contributed by atoms with Crippen LogP contribution in [0.1, 0.15) is 12.8 Å². The van der Waals surface area contributed by atoms with E-state index in [0.29, 0.717) is 24.7 Å². The molecule has 2 aliphatic rings. The van der Waals surface area contributed by atoms with Crippen LogP contribution in [0.5, 0.6) is 17.2 Å². The molecule has 2 heterocycles. The molecule has 2 amide bonds. The number of carbonyl (C=O) groups is 2. The third-order valence-corrected chi connectivity index (χ3v) is 5.94. The molecule has 0 saturated carbocycles. The van der Waals surface area contributed by atoms with Crippen LogP contribution in [0.2, 0.25) is 0 Å². The zero-order chi connectivity index (χ0) is 20.6. The summed E-state index contributed by atoms with van der Waals surface area (Å²) in [7, 11) is -2.75. The molecule has 152 valence electrons. The highest BCUT2D eigenvalue weighted by atomic mass is 32.2. The van der Waals surface area contributed by atoms with Crippen molar-refractivity contribution in [2.24, 2.45) is 0 Å². The number of methoxy groups -OCH3 is 1. The fourth-order valence-corrected chi connectivity index (χ4v) is 4.44. The number of benzene rings is 2. The van der Waals surface area contributed by atoms with Gasteiger partial charge in [-0.1, -0.05) is 0 Å². The second kappa shape index (κ2) is 7.28. The molecule has 1 N–H and O–H groups in total. The third-order valence-electron chi connectivity index (χ3n) is 4.54. The molecule has 1 fully saturated rings. The van der Waals surface area contributed by atoms with Crippen molar-refractivity contribution in [2.75, 3.05) is 29.9 Å². The molecule has 1 saturated heterocycles. The number of nitrogens with zero attached hydrogens (tertiary/aromatic N) is 1. The molecular weight excluding hydrogens is 400 g/mol. The van der Waals surface area contributed by atoms with Gasteiger partial charge in [0.15, 0.2) is 11.5 Å². The van der Waals surface area contributed by atoms with Gasteiger partial charge in [0.2, 0.25) is 11.8 Å². The number of ether oxygens (including phenoxy) is 3. The molecule has 2 aromatic carbocycles. The Kier molecular flexibility index (Phi) is 4.79. The number of hydrogen-bond donors (Lipinski definition) is 1. The third kappa shape index (κ3) is 3.58. The number of amides is 2. The molecule has 4 rings (SSSR count). The van der Waals surface area contributed by atoms with Gasteiger partial charge in [0.25, 0.3) is 10.0 Å². The molecule has 10 heteroatoms. The van der Waals surface area contributed by atoms with Crippen LogP contribution in [0.15, 0.2) is 41.3 Å². The van der Waals surface area contributed by atoms with Gasteiger partial charge in [0.05, 0.1) is 18.5 Å². The van der Waals surface area contributed by atoms with E-state index < -0.39 is 10.0 Å². The van der Waals surface area contributed by atoms with Gasteiger partial charge in [-0.05, 0) is 30.3 Å². The van der Waals surface area contributed by atoms with Crippen molar-refractivity contribution in [3.63, 3.8) is 0 Å². The monoisotopic (exact) mass is 418 g/mol. The van der Waals surface area contributed by atoms with Crippen LogP contribution in [0.3, 0.4) is 0 Å². The van der Waals surface area contributed by atoms with Crippen molar-refractivity contribution in [3.8, 4) is 17.2 Å². The van der Waals surface area contributed by atoms with Crippen molar-refractivity contribution in [1.82, 2.24) is 0 Å². The first-order chi connectivity index (χ1) is 13.9. The lowest BCUT2D eigenvalue weighted by atomic mass is 10.2. The number of sulfonamides is 1. The molecule has 0 spiro atoms. The number of hydrogen-bond acceptors (Lipinski definition) is 7. The minimum Gasteiger partial charge on any atom is -0.495 e. The largest absolute Gasteiger partial charge is 0.495 e. The van der Waals surface area contributed by atoms with Crippen LogP contribution in [0.25, 0.3) is 0 Å². The van der Waals surface area contributed by atoms with E-state index in [9.17, 15) is 18.0 Å². The van der Waals surface area contributed by atoms with E-state index in [1.165, 1.54) is 31.4 Å². The summed E-state index contributed by atoms with van der Waals surface area (Å²) < 4.78 is 44.6. The predicted octanol–water partition coefficient (Wildman–Crippen LogP) is 1.92. The minimum atomic E-state index is -4.09. The molecule has 0 radical (unpaired) electrons. The lowest BCUT2D eigenvalue weighted by molar-refractivity contribution is -0.121. The average molecular weight is 418 g/mol. The Morgan fingerprint density at radius 1 is 0.966 bits per heavy atom. The topological polar surface area (TPSA) is 111 Å². The van der Waals surface area contributed by atoms with Crippen LogP contribution in [0, 0.1) is 0 Å². The Balaban J connectivity index is 1.69. The molecule has 2 aliphatic heterocycles. The van der Waals surface area contributed by atoms with Crippen molar-refractivity contribution < 1.29 is 32.2 Å². The number of carbonyl (C=O) groups excluding carboxylic acids is 2. The average Bonchev–Trinajstić information content (AvgIpc) is 3.05. The lowest BCUT2D eigenvalue weighted by Gasteiger charge is -2.20. The van der Waals surface area contributed by atoms with Crippen molar-refractivity contribution in [1.29, 1.82) is 0 Å². The fourth-order valence-electron chi connectivity index (χ4n) is 3.20. The van der Waals surface area contributed by atoms with E-state index in [1.54, 1.807) is 12.1 Å².